The third kappa shape index (κ3) is 5.15. The Hall–Kier alpha value is -0.450. The zero-order chi connectivity index (χ0) is 12.7. The van der Waals surface area contributed by atoms with Crippen molar-refractivity contribution in [3.8, 4) is 0 Å². The Morgan fingerprint density at radius 1 is 1.29 bits per heavy atom. The molecule has 0 aliphatic heterocycles. The van der Waals surface area contributed by atoms with Crippen LogP contribution in [-0.4, -0.2) is 24.6 Å². The van der Waals surface area contributed by atoms with Crippen LogP contribution < -0.4 is 10.6 Å². The van der Waals surface area contributed by atoms with Gasteiger partial charge in [0.05, 0.1) is 6.04 Å². The van der Waals surface area contributed by atoms with Crippen LogP contribution >= 0.6 is 11.3 Å². The Kier molecular flexibility index (Phi) is 6.70. The molecule has 0 aliphatic rings. The Labute approximate surface area is 109 Å². The first-order valence-corrected chi connectivity index (χ1v) is 7.37. The van der Waals surface area contributed by atoms with Gasteiger partial charge in [-0.1, -0.05) is 20.8 Å². The maximum atomic E-state index is 4.47. The van der Waals surface area contributed by atoms with Crippen molar-refractivity contribution in [2.45, 2.75) is 40.2 Å². The molecular weight excluding hydrogens is 230 g/mol. The van der Waals surface area contributed by atoms with E-state index in [0.29, 0.717) is 12.0 Å². The summed E-state index contributed by atoms with van der Waals surface area (Å²) in [5.41, 5.74) is 0. The van der Waals surface area contributed by atoms with Crippen LogP contribution in [-0.2, 0) is 6.42 Å². The highest BCUT2D eigenvalue weighted by molar-refractivity contribution is 7.11. The fourth-order valence-corrected chi connectivity index (χ4v) is 2.50. The van der Waals surface area contributed by atoms with Crippen molar-refractivity contribution < 1.29 is 0 Å². The molecule has 1 rings (SSSR count). The van der Waals surface area contributed by atoms with E-state index in [1.165, 1.54) is 9.88 Å². The summed E-state index contributed by atoms with van der Waals surface area (Å²) >= 11 is 1.82. The summed E-state index contributed by atoms with van der Waals surface area (Å²) in [5.74, 6) is 0.656. The van der Waals surface area contributed by atoms with E-state index in [4.69, 9.17) is 0 Å². The van der Waals surface area contributed by atoms with Crippen molar-refractivity contribution >= 4 is 11.3 Å². The molecule has 0 radical (unpaired) electrons. The lowest BCUT2D eigenvalue weighted by Gasteiger charge is -2.16. The van der Waals surface area contributed by atoms with Crippen LogP contribution in [0.15, 0.2) is 6.20 Å². The molecule has 0 bridgehead atoms. The smallest absolute Gasteiger partial charge is 0.109 e. The second-order valence-corrected chi connectivity index (χ2v) is 5.71. The minimum atomic E-state index is 0.365. The Morgan fingerprint density at radius 2 is 2.06 bits per heavy atom. The van der Waals surface area contributed by atoms with E-state index in [9.17, 15) is 0 Å². The number of aromatic nitrogens is 1. The molecule has 0 spiro atoms. The van der Waals surface area contributed by atoms with Crippen LogP contribution in [0.2, 0.25) is 0 Å². The van der Waals surface area contributed by atoms with Crippen molar-refractivity contribution in [3.63, 3.8) is 0 Å². The summed E-state index contributed by atoms with van der Waals surface area (Å²) < 4.78 is 0. The van der Waals surface area contributed by atoms with Gasteiger partial charge < -0.3 is 10.6 Å². The summed E-state index contributed by atoms with van der Waals surface area (Å²) in [6, 6.07) is 0.365. The minimum Gasteiger partial charge on any atom is -0.317 e. The Balaban J connectivity index is 2.31. The van der Waals surface area contributed by atoms with Crippen LogP contribution in [0.25, 0.3) is 0 Å². The molecule has 0 saturated heterocycles. The normalized spacial score (nSPS) is 14.8. The van der Waals surface area contributed by atoms with E-state index in [0.717, 1.165) is 26.1 Å². The highest BCUT2D eigenvalue weighted by Crippen LogP contribution is 2.20. The molecule has 1 aromatic heterocycles. The third-order valence-electron chi connectivity index (χ3n) is 2.81. The number of hydrogen-bond acceptors (Lipinski definition) is 4. The SMILES string of the molecule is CCNCC(C)CNC(C)c1ncc(CC)s1. The third-order valence-corrected chi connectivity index (χ3v) is 4.13. The topological polar surface area (TPSA) is 37.0 Å². The molecule has 98 valence electrons. The molecule has 2 unspecified atom stereocenters. The number of nitrogens with one attached hydrogen (secondary N) is 2. The second-order valence-electron chi connectivity index (χ2n) is 4.56. The predicted octanol–water partition coefficient (Wildman–Crippen LogP) is 2.60. The zero-order valence-electron chi connectivity index (χ0n) is 11.4. The summed E-state index contributed by atoms with van der Waals surface area (Å²) in [4.78, 5) is 5.84. The van der Waals surface area contributed by atoms with E-state index in [1.54, 1.807) is 0 Å². The summed E-state index contributed by atoms with van der Waals surface area (Å²) in [6.45, 7) is 11.9. The van der Waals surface area contributed by atoms with E-state index in [-0.39, 0.29) is 0 Å². The number of hydrogen-bond donors (Lipinski definition) is 2. The highest BCUT2D eigenvalue weighted by Gasteiger charge is 2.10. The predicted molar refractivity (Wildman–Crippen MR) is 75.6 cm³/mol. The first-order chi connectivity index (χ1) is 8.17. The van der Waals surface area contributed by atoms with Crippen LogP contribution in [0.4, 0.5) is 0 Å². The van der Waals surface area contributed by atoms with Crippen molar-refractivity contribution in [2.75, 3.05) is 19.6 Å². The van der Waals surface area contributed by atoms with Gasteiger partial charge in [0.2, 0.25) is 0 Å². The van der Waals surface area contributed by atoms with Gasteiger partial charge in [0.15, 0.2) is 0 Å². The number of rotatable bonds is 8. The molecule has 0 amide bonds. The van der Waals surface area contributed by atoms with Gasteiger partial charge in [-0.15, -0.1) is 11.3 Å². The number of aryl methyl sites for hydroxylation is 1. The Morgan fingerprint density at radius 3 is 2.65 bits per heavy atom. The van der Waals surface area contributed by atoms with Crippen LogP contribution in [0.3, 0.4) is 0 Å². The molecular formula is C13H25N3S. The van der Waals surface area contributed by atoms with E-state index < -0.39 is 0 Å². The summed E-state index contributed by atoms with van der Waals surface area (Å²) in [5, 5.41) is 8.13. The van der Waals surface area contributed by atoms with Gasteiger partial charge in [0.25, 0.3) is 0 Å². The maximum Gasteiger partial charge on any atom is 0.109 e. The lowest BCUT2D eigenvalue weighted by molar-refractivity contribution is 0.448. The monoisotopic (exact) mass is 255 g/mol. The average molecular weight is 255 g/mol. The lowest BCUT2D eigenvalue weighted by atomic mass is 10.1. The first kappa shape index (κ1) is 14.6. The van der Waals surface area contributed by atoms with Crippen LogP contribution in [0.1, 0.15) is 43.6 Å². The molecule has 0 saturated carbocycles. The van der Waals surface area contributed by atoms with Crippen molar-refractivity contribution in [1.82, 2.24) is 15.6 Å². The maximum absolute atomic E-state index is 4.47. The van der Waals surface area contributed by atoms with Gasteiger partial charge in [-0.3, -0.25) is 0 Å². The lowest BCUT2D eigenvalue weighted by Crippen LogP contribution is -2.30. The van der Waals surface area contributed by atoms with Crippen molar-refractivity contribution in [2.24, 2.45) is 5.92 Å². The molecule has 3 nitrogen and oxygen atoms in total. The molecule has 1 aromatic rings. The molecule has 0 fully saturated rings. The number of thiazole rings is 1. The average Bonchev–Trinajstić information content (AvgIpc) is 2.82. The first-order valence-electron chi connectivity index (χ1n) is 6.56. The summed E-state index contributed by atoms with van der Waals surface area (Å²) in [6.07, 6.45) is 3.08. The van der Waals surface area contributed by atoms with Gasteiger partial charge >= 0.3 is 0 Å². The fraction of sp³-hybridized carbons (Fsp3) is 0.769. The van der Waals surface area contributed by atoms with Gasteiger partial charge in [0, 0.05) is 11.1 Å². The zero-order valence-corrected chi connectivity index (χ0v) is 12.2. The van der Waals surface area contributed by atoms with Gasteiger partial charge in [-0.05, 0) is 38.9 Å². The molecule has 0 aromatic carbocycles. The Bertz CT molecular complexity index is 311. The molecule has 1 heterocycles. The molecule has 2 atom stereocenters. The molecule has 4 heteroatoms. The van der Waals surface area contributed by atoms with Crippen LogP contribution in [0.5, 0.6) is 0 Å². The standard InChI is InChI=1S/C13H25N3S/c1-5-12-9-16-13(17-12)11(4)15-8-10(3)7-14-6-2/h9-11,14-15H,5-8H2,1-4H3. The molecule has 17 heavy (non-hydrogen) atoms. The molecule has 0 aliphatic carbocycles. The number of nitrogens with zero attached hydrogens (tertiary/aromatic N) is 1. The van der Waals surface area contributed by atoms with Gasteiger partial charge in [-0.2, -0.15) is 0 Å². The highest BCUT2D eigenvalue weighted by atomic mass is 32.1. The quantitative estimate of drug-likeness (QED) is 0.750. The van der Waals surface area contributed by atoms with E-state index in [2.05, 4.69) is 43.3 Å². The fourth-order valence-electron chi connectivity index (χ4n) is 1.61. The van der Waals surface area contributed by atoms with E-state index >= 15 is 0 Å². The largest absolute Gasteiger partial charge is 0.317 e. The van der Waals surface area contributed by atoms with E-state index in [1.807, 2.05) is 17.5 Å². The molecule has 2 N–H and O–H groups in total. The summed E-state index contributed by atoms with van der Waals surface area (Å²) in [7, 11) is 0. The minimum absolute atomic E-state index is 0.365. The van der Waals surface area contributed by atoms with Crippen molar-refractivity contribution in [3.05, 3.63) is 16.1 Å². The second kappa shape index (κ2) is 7.80. The van der Waals surface area contributed by atoms with Gasteiger partial charge in [-0.25, -0.2) is 4.98 Å². The van der Waals surface area contributed by atoms with Gasteiger partial charge in [0.1, 0.15) is 5.01 Å². The van der Waals surface area contributed by atoms with Crippen molar-refractivity contribution in [1.29, 1.82) is 0 Å². The van der Waals surface area contributed by atoms with Crippen LogP contribution in [0, 0.1) is 5.92 Å².